The molecule has 0 aromatic carbocycles. The summed E-state index contributed by atoms with van der Waals surface area (Å²) in [7, 11) is 0. The molecule has 0 atom stereocenters. The molecule has 0 aromatic rings. The molecular weight excluding hydrogens is 229 g/mol. The van der Waals surface area contributed by atoms with Crippen molar-refractivity contribution in [3.8, 4) is 0 Å². The summed E-state index contributed by atoms with van der Waals surface area (Å²) in [6, 6.07) is 0. The third-order valence-electron chi connectivity index (χ3n) is 0. The van der Waals surface area contributed by atoms with Crippen LogP contribution in [0.5, 0.6) is 0 Å². The van der Waals surface area contributed by atoms with Crippen LogP contribution in [0.1, 0.15) is 6.92 Å². The van der Waals surface area contributed by atoms with Crippen molar-refractivity contribution < 1.29 is 93.0 Å². The Kier molecular flexibility index (Phi) is 51.4. The molecule has 0 spiro atoms. The van der Waals surface area contributed by atoms with E-state index in [1.807, 2.05) is 0 Å². The maximum Gasteiger partial charge on any atom is 1.00 e. The van der Waals surface area contributed by atoms with Crippen molar-refractivity contribution in [2.75, 3.05) is 0 Å². The van der Waals surface area contributed by atoms with Crippen molar-refractivity contribution in [1.29, 1.82) is 0 Å². The van der Waals surface area contributed by atoms with Crippen molar-refractivity contribution in [3.63, 3.8) is 0 Å². The largest absolute Gasteiger partial charge is 1.00 e. The third-order valence-corrected chi connectivity index (χ3v) is 0. The summed E-state index contributed by atoms with van der Waals surface area (Å²) in [5.41, 5.74) is 0. The van der Waals surface area contributed by atoms with Crippen LogP contribution in [-0.4, -0.2) is 5.97 Å². The van der Waals surface area contributed by atoms with Crippen LogP contribution in [0.15, 0.2) is 0 Å². The van der Waals surface area contributed by atoms with Gasteiger partial charge < -0.3 is 33.9 Å². The summed E-state index contributed by atoms with van der Waals surface area (Å²) in [6.07, 6.45) is 0. The molecule has 0 unspecified atom stereocenters. The number of hydrogen-bond acceptors (Lipinski definition) is 2. The van der Waals surface area contributed by atoms with E-state index in [1.54, 1.807) is 0 Å². The first-order valence-corrected chi connectivity index (χ1v) is 0.908. The van der Waals surface area contributed by atoms with Crippen LogP contribution in [0.4, 0.5) is 0 Å². The number of aliphatic carboxylic acids is 1. The van der Waals surface area contributed by atoms with Crippen molar-refractivity contribution in [2.45, 2.75) is 6.92 Å². The molecule has 0 amide bonds. The van der Waals surface area contributed by atoms with E-state index in [2.05, 4.69) is 0 Å². The molecule has 0 saturated carbocycles. The van der Waals surface area contributed by atoms with Gasteiger partial charge in [0.15, 0.2) is 0 Å². The Bertz CT molecular complexity index is 36.7. The van der Waals surface area contributed by atoms with Gasteiger partial charge in [0.05, 0.1) is 0 Å². The number of carbonyl (C=O) groups is 1. The maximum absolute atomic E-state index is 8.89. The molecule has 0 aliphatic carbocycles. The number of hydrogen-bond donors (Lipinski definition) is 0. The molecule has 0 radical (unpaired) electrons. The fraction of sp³-hybridized carbons (Fsp3) is 0.500. The average molecular weight is 232 g/mol. The zero-order valence-corrected chi connectivity index (χ0v) is 10.9. The Morgan fingerprint density at radius 1 is 1.43 bits per heavy atom. The topological polar surface area (TPSA) is 40.1 Å². The molecule has 0 rings (SSSR count). The van der Waals surface area contributed by atoms with Crippen LogP contribution in [0.2, 0.25) is 0 Å². The van der Waals surface area contributed by atoms with Crippen molar-refractivity contribution in [1.82, 2.24) is 0 Å². The van der Waals surface area contributed by atoms with E-state index >= 15 is 0 Å². The van der Waals surface area contributed by atoms with Crippen LogP contribution in [0.25, 0.3) is 0 Å². The van der Waals surface area contributed by atoms with Gasteiger partial charge in [0.2, 0.25) is 0 Å². The zero-order valence-electron chi connectivity index (χ0n) is 4.69. The van der Waals surface area contributed by atoms with Gasteiger partial charge in [-0.05, 0) is 6.92 Å². The van der Waals surface area contributed by atoms with Crippen LogP contribution in [-0.2, 0) is 4.79 Å². The predicted octanol–water partition coefficient (Wildman–Crippen LogP) is -10.2. The molecule has 0 aliphatic rings. The van der Waals surface area contributed by atoms with Gasteiger partial charge in [-0.15, -0.1) is 0 Å². The molecule has 0 fully saturated rings. The van der Waals surface area contributed by atoms with Gasteiger partial charge in [-0.1, -0.05) is 0 Å². The molecule has 0 bridgehead atoms. The summed E-state index contributed by atoms with van der Waals surface area (Å²) >= 11 is 0. The minimum absolute atomic E-state index is 0. The second kappa shape index (κ2) is 15.7. The Labute approximate surface area is 104 Å². The molecule has 5 heteroatoms. The van der Waals surface area contributed by atoms with Crippen molar-refractivity contribution >= 4 is 5.97 Å². The van der Waals surface area contributed by atoms with Crippen LogP contribution in [0.3, 0.4) is 0 Å². The second-order valence-corrected chi connectivity index (χ2v) is 0.492. The molecule has 2 nitrogen and oxygen atoms in total. The van der Waals surface area contributed by atoms with E-state index < -0.39 is 5.97 Å². The minimum atomic E-state index is -1.08. The Morgan fingerprint density at radius 3 is 1.43 bits per heavy atom. The smallest absolute Gasteiger partial charge is 1.00 e. The van der Waals surface area contributed by atoms with Crippen LogP contribution < -0.4 is 88.2 Å². The third kappa shape index (κ3) is 65.1. The Morgan fingerprint density at radius 2 is 1.43 bits per heavy atom. The fourth-order valence-electron chi connectivity index (χ4n) is 0. The van der Waals surface area contributed by atoms with Gasteiger partial charge in [-0.2, -0.15) is 0 Å². The number of rotatable bonds is 0. The first kappa shape index (κ1) is 22.9. The first-order chi connectivity index (χ1) is 1.73. The van der Waals surface area contributed by atoms with E-state index in [0.717, 1.165) is 6.92 Å². The summed E-state index contributed by atoms with van der Waals surface area (Å²) in [5.74, 6) is -1.08. The van der Waals surface area contributed by atoms with Gasteiger partial charge in [0, 0.05) is 5.97 Å². The molecular formula is C2H3INa2O2. The van der Waals surface area contributed by atoms with E-state index in [9.17, 15) is 0 Å². The zero-order chi connectivity index (χ0) is 3.58. The van der Waals surface area contributed by atoms with E-state index in [4.69, 9.17) is 9.90 Å². The average Bonchev–Trinajstić information content (AvgIpc) is 0.811. The van der Waals surface area contributed by atoms with E-state index in [0.29, 0.717) is 0 Å². The van der Waals surface area contributed by atoms with Crippen LogP contribution >= 0.6 is 0 Å². The van der Waals surface area contributed by atoms with Gasteiger partial charge in [-0.3, -0.25) is 0 Å². The number of halogens is 1. The predicted molar refractivity (Wildman–Crippen MR) is 10.7 cm³/mol. The van der Waals surface area contributed by atoms with Crippen LogP contribution in [0, 0.1) is 0 Å². The van der Waals surface area contributed by atoms with Gasteiger partial charge in [-0.25, -0.2) is 0 Å². The van der Waals surface area contributed by atoms with Gasteiger partial charge in [0.25, 0.3) is 0 Å². The van der Waals surface area contributed by atoms with Crippen molar-refractivity contribution in [2.24, 2.45) is 0 Å². The molecule has 0 aliphatic heterocycles. The summed E-state index contributed by atoms with van der Waals surface area (Å²) in [6.45, 7) is 0.972. The number of carbonyl (C=O) groups excluding carboxylic acids is 1. The summed E-state index contributed by atoms with van der Waals surface area (Å²) in [4.78, 5) is 8.89. The van der Waals surface area contributed by atoms with Gasteiger partial charge >= 0.3 is 59.1 Å². The Balaban J connectivity index is -0.0000000150. The Hall–Kier alpha value is 2.20. The summed E-state index contributed by atoms with van der Waals surface area (Å²) < 4.78 is 0. The molecule has 0 aromatic heterocycles. The van der Waals surface area contributed by atoms with Gasteiger partial charge in [0.1, 0.15) is 0 Å². The minimum Gasteiger partial charge on any atom is -1.00 e. The monoisotopic (exact) mass is 232 g/mol. The SMILES string of the molecule is CC(=O)[O-].[I-].[Na+].[Na+]. The molecule has 0 heterocycles. The maximum atomic E-state index is 8.89. The summed E-state index contributed by atoms with van der Waals surface area (Å²) in [5, 5.41) is 8.89. The molecule has 7 heavy (non-hydrogen) atoms. The standard InChI is InChI=1S/C2H4O2.HI.2Na/c1-2(3)4;;;/h1H3,(H,3,4);1H;;/q;;2*+1/p-2. The number of carboxylic acid groups (broad SMARTS) is 1. The van der Waals surface area contributed by atoms with Crippen molar-refractivity contribution in [3.05, 3.63) is 0 Å². The number of carboxylic acids is 1. The van der Waals surface area contributed by atoms with E-state index in [-0.39, 0.29) is 83.1 Å². The van der Waals surface area contributed by atoms with E-state index in [1.165, 1.54) is 0 Å². The normalized spacial score (nSPS) is 3.57. The quantitative estimate of drug-likeness (QED) is 0.307. The fourth-order valence-corrected chi connectivity index (χ4v) is 0. The first-order valence-electron chi connectivity index (χ1n) is 0.908. The molecule has 0 N–H and O–H groups in total. The second-order valence-electron chi connectivity index (χ2n) is 0.492. The molecule has 32 valence electrons. The molecule has 0 saturated heterocycles.